The Morgan fingerprint density at radius 1 is 1.29 bits per heavy atom. The number of rotatable bonds is 6. The number of likely N-dealkylation sites (N-methyl/N-ethyl adjacent to an activating group) is 1. The first-order valence-electron chi connectivity index (χ1n) is 7.74. The van der Waals surface area contributed by atoms with Crippen LogP contribution in [0.25, 0.3) is 0 Å². The van der Waals surface area contributed by atoms with Crippen molar-refractivity contribution in [3.05, 3.63) is 29.8 Å². The maximum atomic E-state index is 8.64. The van der Waals surface area contributed by atoms with Gasteiger partial charge in [0.1, 0.15) is 12.4 Å². The van der Waals surface area contributed by atoms with Crippen LogP contribution < -0.4 is 4.74 Å². The van der Waals surface area contributed by atoms with E-state index in [9.17, 15) is 0 Å². The van der Waals surface area contributed by atoms with E-state index < -0.39 is 0 Å². The van der Waals surface area contributed by atoms with Crippen molar-refractivity contribution in [2.75, 3.05) is 39.8 Å². The molecule has 1 aromatic rings. The summed E-state index contributed by atoms with van der Waals surface area (Å²) in [5.74, 6) is 0.887. The lowest BCUT2D eigenvalue weighted by atomic mass is 10.1. The zero-order chi connectivity index (χ0) is 15.1. The maximum Gasteiger partial charge on any atom is 0.119 e. The lowest BCUT2D eigenvalue weighted by molar-refractivity contribution is 0.0824. The molecule has 0 bridgehead atoms. The van der Waals surface area contributed by atoms with Crippen molar-refractivity contribution in [1.82, 2.24) is 9.80 Å². The molecule has 1 fully saturated rings. The molecule has 1 aromatic carbocycles. The smallest absolute Gasteiger partial charge is 0.119 e. The van der Waals surface area contributed by atoms with E-state index in [0.29, 0.717) is 12.5 Å². The summed E-state index contributed by atoms with van der Waals surface area (Å²) in [6.07, 6.45) is 1.66. The van der Waals surface area contributed by atoms with Crippen molar-refractivity contribution in [3.8, 4) is 11.8 Å². The van der Waals surface area contributed by atoms with Gasteiger partial charge < -0.3 is 9.64 Å². The Bertz CT molecular complexity index is 466. The van der Waals surface area contributed by atoms with Gasteiger partial charge in [-0.2, -0.15) is 5.26 Å². The van der Waals surface area contributed by atoms with E-state index in [1.165, 1.54) is 6.42 Å². The summed E-state index contributed by atoms with van der Waals surface area (Å²) in [5, 5.41) is 8.64. The molecule has 1 aliphatic heterocycles. The van der Waals surface area contributed by atoms with Gasteiger partial charge in [0.2, 0.25) is 0 Å². The zero-order valence-electron chi connectivity index (χ0n) is 13.1. The summed E-state index contributed by atoms with van der Waals surface area (Å²) >= 11 is 0. The van der Waals surface area contributed by atoms with Crippen molar-refractivity contribution < 1.29 is 4.74 Å². The number of benzene rings is 1. The molecule has 1 heterocycles. The Balaban J connectivity index is 1.73. The van der Waals surface area contributed by atoms with E-state index in [1.54, 1.807) is 0 Å². The van der Waals surface area contributed by atoms with Crippen molar-refractivity contribution in [1.29, 1.82) is 5.26 Å². The predicted molar refractivity (Wildman–Crippen MR) is 84.4 cm³/mol. The summed E-state index contributed by atoms with van der Waals surface area (Å²) in [5.41, 5.74) is 1.04. The molecule has 4 nitrogen and oxygen atoms in total. The predicted octanol–water partition coefficient (Wildman–Crippen LogP) is 2.16. The van der Waals surface area contributed by atoms with Gasteiger partial charge in [0, 0.05) is 32.2 Å². The second kappa shape index (κ2) is 8.02. The van der Waals surface area contributed by atoms with Crippen LogP contribution in [0.1, 0.15) is 18.9 Å². The molecule has 0 aromatic heterocycles. The summed E-state index contributed by atoms with van der Waals surface area (Å²) in [6, 6.07) is 10.6. The molecular formula is C17H25N3O. The van der Waals surface area contributed by atoms with Crippen LogP contribution in [0.5, 0.6) is 5.75 Å². The number of ether oxygens (including phenoxy) is 1. The molecule has 1 saturated heterocycles. The Morgan fingerprint density at radius 3 is 2.71 bits per heavy atom. The van der Waals surface area contributed by atoms with Crippen molar-refractivity contribution in [3.63, 3.8) is 0 Å². The molecule has 0 N–H and O–H groups in total. The SMILES string of the molecule is CCC1CN(CCOc2ccc(CC#N)cc2)CCN1C. The van der Waals surface area contributed by atoms with Crippen LogP contribution in [-0.4, -0.2) is 55.7 Å². The van der Waals surface area contributed by atoms with Crippen LogP contribution in [-0.2, 0) is 6.42 Å². The molecular weight excluding hydrogens is 262 g/mol. The fourth-order valence-electron chi connectivity index (χ4n) is 2.74. The third-order valence-electron chi connectivity index (χ3n) is 4.22. The first-order chi connectivity index (χ1) is 10.2. The first kappa shape index (κ1) is 15.8. The molecule has 0 saturated carbocycles. The minimum atomic E-state index is 0.458. The van der Waals surface area contributed by atoms with Gasteiger partial charge in [0.05, 0.1) is 12.5 Å². The molecule has 0 amide bonds. The van der Waals surface area contributed by atoms with Crippen molar-refractivity contribution in [2.24, 2.45) is 0 Å². The molecule has 114 valence electrons. The second-order valence-electron chi connectivity index (χ2n) is 5.67. The van der Waals surface area contributed by atoms with Gasteiger partial charge in [-0.05, 0) is 31.2 Å². The Labute approximate surface area is 127 Å². The lowest BCUT2D eigenvalue weighted by Crippen LogP contribution is -2.51. The minimum Gasteiger partial charge on any atom is -0.492 e. The second-order valence-corrected chi connectivity index (χ2v) is 5.67. The van der Waals surface area contributed by atoms with Crippen LogP contribution in [0, 0.1) is 11.3 Å². The fraction of sp³-hybridized carbons (Fsp3) is 0.588. The standard InChI is InChI=1S/C17H25N3O/c1-3-16-14-20(11-10-19(16)2)12-13-21-17-6-4-15(5-7-17)8-9-18/h4-7,16H,3,8,10-14H2,1-2H3. The highest BCUT2D eigenvalue weighted by molar-refractivity contribution is 5.28. The maximum absolute atomic E-state index is 8.64. The van der Waals surface area contributed by atoms with E-state index >= 15 is 0 Å². The lowest BCUT2D eigenvalue weighted by Gasteiger charge is -2.39. The Kier molecular flexibility index (Phi) is 6.04. The van der Waals surface area contributed by atoms with Crippen LogP contribution in [0.3, 0.4) is 0 Å². The van der Waals surface area contributed by atoms with Gasteiger partial charge >= 0.3 is 0 Å². The minimum absolute atomic E-state index is 0.458. The molecule has 0 aliphatic carbocycles. The van der Waals surface area contributed by atoms with Gasteiger partial charge in [-0.1, -0.05) is 19.1 Å². The summed E-state index contributed by atoms with van der Waals surface area (Å²) in [4.78, 5) is 4.93. The van der Waals surface area contributed by atoms with E-state index in [1.807, 2.05) is 24.3 Å². The van der Waals surface area contributed by atoms with Crippen LogP contribution in [0.4, 0.5) is 0 Å². The molecule has 1 unspecified atom stereocenters. The number of nitriles is 1. The summed E-state index contributed by atoms with van der Waals surface area (Å²) < 4.78 is 5.80. The highest BCUT2D eigenvalue weighted by atomic mass is 16.5. The van der Waals surface area contributed by atoms with E-state index in [4.69, 9.17) is 10.00 Å². The van der Waals surface area contributed by atoms with Crippen molar-refractivity contribution >= 4 is 0 Å². The van der Waals surface area contributed by atoms with Gasteiger partial charge in [-0.3, -0.25) is 4.90 Å². The molecule has 0 spiro atoms. The third kappa shape index (κ3) is 4.73. The molecule has 21 heavy (non-hydrogen) atoms. The van der Waals surface area contributed by atoms with E-state index in [0.717, 1.165) is 44.1 Å². The number of hydrogen-bond donors (Lipinski definition) is 0. The highest BCUT2D eigenvalue weighted by Gasteiger charge is 2.22. The first-order valence-corrected chi connectivity index (χ1v) is 7.74. The summed E-state index contributed by atoms with van der Waals surface area (Å²) in [7, 11) is 2.21. The Hall–Kier alpha value is -1.57. The van der Waals surface area contributed by atoms with Gasteiger partial charge in [-0.25, -0.2) is 0 Å². The number of hydrogen-bond acceptors (Lipinski definition) is 4. The highest BCUT2D eigenvalue weighted by Crippen LogP contribution is 2.13. The Morgan fingerprint density at radius 2 is 2.05 bits per heavy atom. The largest absolute Gasteiger partial charge is 0.492 e. The monoisotopic (exact) mass is 287 g/mol. The summed E-state index contributed by atoms with van der Waals surface area (Å²) in [6.45, 7) is 7.35. The fourth-order valence-corrected chi connectivity index (χ4v) is 2.74. The average molecular weight is 287 g/mol. The van der Waals surface area contributed by atoms with E-state index in [2.05, 4.69) is 29.8 Å². The van der Waals surface area contributed by atoms with Crippen LogP contribution in [0.2, 0.25) is 0 Å². The number of nitrogens with zero attached hydrogens (tertiary/aromatic N) is 3. The quantitative estimate of drug-likeness (QED) is 0.804. The van der Waals surface area contributed by atoms with Gasteiger partial charge in [-0.15, -0.1) is 0 Å². The van der Waals surface area contributed by atoms with Gasteiger partial charge in [0.15, 0.2) is 0 Å². The van der Waals surface area contributed by atoms with Crippen molar-refractivity contribution in [2.45, 2.75) is 25.8 Å². The topological polar surface area (TPSA) is 39.5 Å². The molecule has 4 heteroatoms. The van der Waals surface area contributed by atoms with Crippen LogP contribution in [0.15, 0.2) is 24.3 Å². The molecule has 2 rings (SSSR count). The zero-order valence-corrected chi connectivity index (χ0v) is 13.1. The molecule has 1 aliphatic rings. The average Bonchev–Trinajstić information content (AvgIpc) is 2.51. The normalized spacial score (nSPS) is 20.1. The number of piperazine rings is 1. The third-order valence-corrected chi connectivity index (χ3v) is 4.22. The van der Waals surface area contributed by atoms with Gasteiger partial charge in [0.25, 0.3) is 0 Å². The molecule has 1 atom stereocenters. The molecule has 0 radical (unpaired) electrons. The van der Waals surface area contributed by atoms with E-state index in [-0.39, 0.29) is 0 Å². The van der Waals surface area contributed by atoms with Crippen LogP contribution >= 0.6 is 0 Å².